The van der Waals surface area contributed by atoms with E-state index in [9.17, 15) is 5.11 Å². The smallest absolute Gasteiger partial charge is 0.191 e. The average molecular weight is 365 g/mol. The van der Waals surface area contributed by atoms with Gasteiger partial charge in [0.05, 0.1) is 17.1 Å². The molecule has 140 valence electrons. The van der Waals surface area contributed by atoms with Gasteiger partial charge in [-0.3, -0.25) is 4.99 Å². The number of hydrogen-bond acceptors (Lipinski definition) is 4. The first kappa shape index (κ1) is 18.5. The Labute approximate surface area is 155 Å². The molecule has 1 aromatic heterocycles. The molecule has 3 rings (SSSR count). The molecule has 1 aromatic rings. The van der Waals surface area contributed by atoms with Crippen LogP contribution in [0.5, 0.6) is 0 Å². The highest BCUT2D eigenvalue weighted by Gasteiger charge is 2.29. The van der Waals surface area contributed by atoms with Crippen molar-refractivity contribution in [3.05, 3.63) is 17.5 Å². The average Bonchev–Trinajstić information content (AvgIpc) is 3.16. The second-order valence-corrected chi connectivity index (χ2v) is 8.26. The zero-order chi connectivity index (χ0) is 17.5. The van der Waals surface area contributed by atoms with Crippen LogP contribution >= 0.6 is 11.3 Å². The topological polar surface area (TPSA) is 59.9 Å². The van der Waals surface area contributed by atoms with E-state index in [-0.39, 0.29) is 0 Å². The minimum Gasteiger partial charge on any atom is -0.388 e. The lowest BCUT2D eigenvalue weighted by Crippen LogP contribution is -2.49. The number of piperidine rings is 1. The number of rotatable bonds is 5. The van der Waals surface area contributed by atoms with Gasteiger partial charge in [0.1, 0.15) is 0 Å². The van der Waals surface area contributed by atoms with Gasteiger partial charge in [-0.05, 0) is 50.1 Å². The van der Waals surface area contributed by atoms with Crippen molar-refractivity contribution < 1.29 is 5.11 Å². The molecule has 1 aliphatic carbocycles. The van der Waals surface area contributed by atoms with E-state index in [2.05, 4.69) is 40.0 Å². The van der Waals surface area contributed by atoms with Gasteiger partial charge in [0, 0.05) is 25.7 Å². The normalized spacial score (nSPS) is 22.0. The first-order valence-electron chi connectivity index (χ1n) is 9.74. The van der Waals surface area contributed by atoms with E-state index in [1.54, 1.807) is 0 Å². The summed E-state index contributed by atoms with van der Waals surface area (Å²) in [4.78, 5) is 7.17. The maximum atomic E-state index is 10.7. The van der Waals surface area contributed by atoms with E-state index in [4.69, 9.17) is 4.99 Å². The van der Waals surface area contributed by atoms with E-state index in [1.165, 1.54) is 11.4 Å². The fourth-order valence-electron chi connectivity index (χ4n) is 3.80. The van der Waals surface area contributed by atoms with Gasteiger partial charge in [-0.15, -0.1) is 11.3 Å². The van der Waals surface area contributed by atoms with Crippen molar-refractivity contribution >= 4 is 22.3 Å². The molecule has 2 heterocycles. The van der Waals surface area contributed by atoms with Crippen LogP contribution in [0, 0.1) is 0 Å². The molecule has 0 spiro atoms. The summed E-state index contributed by atoms with van der Waals surface area (Å²) >= 11 is 1.82. The Morgan fingerprint density at radius 1 is 1.32 bits per heavy atom. The van der Waals surface area contributed by atoms with E-state index in [1.807, 2.05) is 11.3 Å². The van der Waals surface area contributed by atoms with Crippen LogP contribution in [0.4, 0.5) is 5.00 Å². The van der Waals surface area contributed by atoms with Crippen molar-refractivity contribution in [2.24, 2.45) is 4.99 Å². The van der Waals surface area contributed by atoms with Crippen LogP contribution in [0.2, 0.25) is 0 Å². The Balaban J connectivity index is 1.50. The van der Waals surface area contributed by atoms with E-state index >= 15 is 0 Å². The summed E-state index contributed by atoms with van der Waals surface area (Å²) in [5.74, 6) is 0.857. The summed E-state index contributed by atoms with van der Waals surface area (Å²) in [7, 11) is 0. The van der Waals surface area contributed by atoms with Gasteiger partial charge in [-0.2, -0.15) is 0 Å². The lowest BCUT2D eigenvalue weighted by Gasteiger charge is -2.34. The molecule has 0 bridgehead atoms. The highest BCUT2D eigenvalue weighted by atomic mass is 32.1. The molecule has 0 unspecified atom stereocenters. The SMILES string of the molecule is CCNC(=NCC1(O)CCCCC1)NC1CCN(c2cccs2)CC1. The number of thiophene rings is 1. The number of anilines is 1. The third kappa shape index (κ3) is 5.35. The third-order valence-corrected chi connectivity index (χ3v) is 6.24. The molecule has 2 aliphatic rings. The predicted octanol–water partition coefficient (Wildman–Crippen LogP) is 2.97. The highest BCUT2D eigenvalue weighted by Crippen LogP contribution is 2.28. The van der Waals surface area contributed by atoms with Gasteiger partial charge in [-0.1, -0.05) is 19.3 Å². The number of nitrogens with zero attached hydrogens (tertiary/aromatic N) is 2. The molecule has 0 aromatic carbocycles. The predicted molar refractivity (Wildman–Crippen MR) is 107 cm³/mol. The van der Waals surface area contributed by atoms with Crippen molar-refractivity contribution in [3.8, 4) is 0 Å². The number of aliphatic imine (C=N–C) groups is 1. The van der Waals surface area contributed by atoms with E-state index in [0.717, 1.165) is 64.1 Å². The third-order valence-electron chi connectivity index (χ3n) is 5.31. The maximum absolute atomic E-state index is 10.7. The molecule has 6 heteroatoms. The fourth-order valence-corrected chi connectivity index (χ4v) is 4.59. The number of nitrogens with one attached hydrogen (secondary N) is 2. The van der Waals surface area contributed by atoms with Gasteiger partial charge < -0.3 is 20.6 Å². The second-order valence-electron chi connectivity index (χ2n) is 7.34. The molecular formula is C19H32N4OS. The Hall–Kier alpha value is -1.27. The van der Waals surface area contributed by atoms with Crippen LogP contribution in [0.15, 0.2) is 22.5 Å². The Kier molecular flexibility index (Phi) is 6.59. The largest absolute Gasteiger partial charge is 0.388 e. The number of hydrogen-bond donors (Lipinski definition) is 3. The van der Waals surface area contributed by atoms with Crippen molar-refractivity contribution in [3.63, 3.8) is 0 Å². The van der Waals surface area contributed by atoms with Gasteiger partial charge in [0.15, 0.2) is 5.96 Å². The summed E-state index contributed by atoms with van der Waals surface area (Å²) in [5.41, 5.74) is -0.594. The minimum absolute atomic E-state index is 0.454. The molecule has 3 N–H and O–H groups in total. The lowest BCUT2D eigenvalue weighted by atomic mass is 9.85. The summed E-state index contributed by atoms with van der Waals surface area (Å²) in [6.07, 6.45) is 7.49. The lowest BCUT2D eigenvalue weighted by molar-refractivity contribution is 0.0131. The second kappa shape index (κ2) is 8.90. The molecule has 1 saturated heterocycles. The molecule has 0 amide bonds. The Bertz CT molecular complexity index is 532. The summed E-state index contributed by atoms with van der Waals surface area (Å²) in [6, 6.07) is 4.78. The standard InChI is InChI=1S/C19H32N4OS/c1-2-20-18(21-15-19(24)10-4-3-5-11-19)22-16-8-12-23(13-9-16)17-7-6-14-25-17/h6-7,14,16,24H,2-5,8-13,15H2,1H3,(H2,20,21,22). The van der Waals surface area contributed by atoms with Crippen LogP contribution in [0.1, 0.15) is 51.9 Å². The molecule has 1 aliphatic heterocycles. The number of aliphatic hydroxyl groups is 1. The molecule has 0 atom stereocenters. The van der Waals surface area contributed by atoms with Crippen LogP contribution in [-0.2, 0) is 0 Å². The van der Waals surface area contributed by atoms with Crippen molar-refractivity contribution in [2.75, 3.05) is 31.1 Å². The fraction of sp³-hybridized carbons (Fsp3) is 0.737. The van der Waals surface area contributed by atoms with Crippen LogP contribution < -0.4 is 15.5 Å². The molecule has 0 radical (unpaired) electrons. The van der Waals surface area contributed by atoms with Gasteiger partial charge in [0.2, 0.25) is 0 Å². The first-order chi connectivity index (χ1) is 12.2. The monoisotopic (exact) mass is 364 g/mol. The summed E-state index contributed by atoms with van der Waals surface area (Å²) < 4.78 is 0. The maximum Gasteiger partial charge on any atom is 0.191 e. The van der Waals surface area contributed by atoms with E-state index < -0.39 is 5.60 Å². The molecular weight excluding hydrogens is 332 g/mol. The van der Waals surface area contributed by atoms with Crippen LogP contribution in [-0.4, -0.2) is 48.9 Å². The molecule has 5 nitrogen and oxygen atoms in total. The van der Waals surface area contributed by atoms with Crippen molar-refractivity contribution in [1.82, 2.24) is 10.6 Å². The zero-order valence-corrected chi connectivity index (χ0v) is 16.2. The quantitative estimate of drug-likeness (QED) is 0.555. The zero-order valence-electron chi connectivity index (χ0n) is 15.3. The van der Waals surface area contributed by atoms with Crippen molar-refractivity contribution in [1.29, 1.82) is 0 Å². The highest BCUT2D eigenvalue weighted by molar-refractivity contribution is 7.14. The van der Waals surface area contributed by atoms with Gasteiger partial charge in [-0.25, -0.2) is 0 Å². The van der Waals surface area contributed by atoms with Gasteiger partial charge >= 0.3 is 0 Å². The summed E-state index contributed by atoms with van der Waals surface area (Å²) in [6.45, 7) is 5.61. The van der Waals surface area contributed by atoms with Crippen LogP contribution in [0.25, 0.3) is 0 Å². The van der Waals surface area contributed by atoms with Gasteiger partial charge in [0.25, 0.3) is 0 Å². The summed E-state index contributed by atoms with van der Waals surface area (Å²) in [5, 5.41) is 21.1. The first-order valence-corrected chi connectivity index (χ1v) is 10.6. The van der Waals surface area contributed by atoms with Crippen LogP contribution in [0.3, 0.4) is 0 Å². The van der Waals surface area contributed by atoms with E-state index in [0.29, 0.717) is 12.6 Å². The Morgan fingerprint density at radius 2 is 2.08 bits per heavy atom. The molecule has 2 fully saturated rings. The van der Waals surface area contributed by atoms with Crippen molar-refractivity contribution in [2.45, 2.75) is 63.5 Å². The molecule has 25 heavy (non-hydrogen) atoms. The Morgan fingerprint density at radius 3 is 2.72 bits per heavy atom. The minimum atomic E-state index is -0.594. The molecule has 1 saturated carbocycles. The number of guanidine groups is 1.